The maximum atomic E-state index is 13.1. The van der Waals surface area contributed by atoms with E-state index in [9.17, 15) is 19.5 Å². The van der Waals surface area contributed by atoms with Crippen LogP contribution in [0, 0.1) is 0 Å². The minimum Gasteiger partial charge on any atom is -0.385 e. The second-order valence-electron chi connectivity index (χ2n) is 13.3. The lowest BCUT2D eigenvalue weighted by Gasteiger charge is -2.39. The lowest BCUT2D eigenvalue weighted by atomic mass is 9.83. The Kier molecular flexibility index (Phi) is 8.65. The highest BCUT2D eigenvalue weighted by molar-refractivity contribution is 6.05. The molecule has 4 aliphatic heterocycles. The third kappa shape index (κ3) is 6.58. The summed E-state index contributed by atoms with van der Waals surface area (Å²) in [7, 11) is 0. The molecule has 12 heteroatoms. The van der Waals surface area contributed by atoms with Crippen LogP contribution in [-0.2, 0) is 34.8 Å². The van der Waals surface area contributed by atoms with Crippen molar-refractivity contribution in [3.05, 3.63) is 82.7 Å². The van der Waals surface area contributed by atoms with E-state index in [1.807, 2.05) is 12.1 Å². The summed E-state index contributed by atoms with van der Waals surface area (Å²) < 4.78 is 0. The molecule has 5 heterocycles. The van der Waals surface area contributed by atoms with Gasteiger partial charge in [0.1, 0.15) is 6.04 Å². The maximum Gasteiger partial charge on any atom is 0.255 e. The van der Waals surface area contributed by atoms with Crippen molar-refractivity contribution in [1.29, 1.82) is 0 Å². The summed E-state index contributed by atoms with van der Waals surface area (Å²) in [6, 6.07) is 14.1. The number of piperidine rings is 3. The number of nitrogens with zero attached hydrogens (tertiary/aromatic N) is 5. The first-order valence-electron chi connectivity index (χ1n) is 16.6. The number of nitrogens with one attached hydrogen (secondary N) is 2. The van der Waals surface area contributed by atoms with Crippen LogP contribution in [0.4, 0.5) is 11.6 Å². The number of nitrogens with two attached hydrogens (primary N) is 1. The molecule has 0 radical (unpaired) electrons. The highest BCUT2D eigenvalue weighted by Gasteiger charge is 2.41. The lowest BCUT2D eigenvalue weighted by Crippen LogP contribution is -2.52. The number of aromatic nitrogens is 2. The number of anilines is 2. The van der Waals surface area contributed by atoms with Gasteiger partial charge >= 0.3 is 0 Å². The molecule has 1 unspecified atom stereocenters. The Morgan fingerprint density at radius 1 is 0.936 bits per heavy atom. The van der Waals surface area contributed by atoms with Crippen molar-refractivity contribution in [2.24, 2.45) is 5.73 Å². The second kappa shape index (κ2) is 13.0. The molecule has 12 nitrogen and oxygen atoms in total. The fourth-order valence-corrected chi connectivity index (χ4v) is 7.30. The van der Waals surface area contributed by atoms with Crippen LogP contribution >= 0.6 is 0 Å². The van der Waals surface area contributed by atoms with Crippen LogP contribution in [0.5, 0.6) is 0 Å². The van der Waals surface area contributed by atoms with Crippen molar-refractivity contribution < 1.29 is 19.5 Å². The molecular formula is C35H42N8O4. The summed E-state index contributed by atoms with van der Waals surface area (Å²) >= 11 is 0. The highest BCUT2D eigenvalue weighted by Crippen LogP contribution is 2.37. The van der Waals surface area contributed by atoms with Crippen molar-refractivity contribution in [3.63, 3.8) is 0 Å². The SMILES string of the molecule is NCc1cnc(NC2CCN(c3ccc(CN4CCC(O)(c5ccc6c(c5)CN(C5CCC(=O)NC5=O)C6=O)CC4)cc3)CC2)nc1. The van der Waals surface area contributed by atoms with Gasteiger partial charge in [-0.05, 0) is 67.0 Å². The number of carbonyl (C=O) groups excluding carboxylic acids is 3. The molecule has 1 atom stereocenters. The first-order chi connectivity index (χ1) is 22.8. The van der Waals surface area contributed by atoms with Crippen molar-refractivity contribution in [3.8, 4) is 0 Å². The van der Waals surface area contributed by atoms with E-state index in [2.05, 4.69) is 54.7 Å². The molecule has 3 amide bonds. The quantitative estimate of drug-likeness (QED) is 0.270. The molecule has 2 aromatic carbocycles. The van der Waals surface area contributed by atoms with Crippen LogP contribution in [0.2, 0.25) is 0 Å². The summed E-state index contributed by atoms with van der Waals surface area (Å²) in [5, 5.41) is 17.5. The molecular weight excluding hydrogens is 596 g/mol. The van der Waals surface area contributed by atoms with Crippen LogP contribution in [0.1, 0.15) is 71.1 Å². The zero-order valence-electron chi connectivity index (χ0n) is 26.5. The third-order valence-electron chi connectivity index (χ3n) is 10.2. The average molecular weight is 639 g/mol. The zero-order valence-corrected chi connectivity index (χ0v) is 26.5. The minimum atomic E-state index is -0.971. The first kappa shape index (κ1) is 31.2. The van der Waals surface area contributed by atoms with Crippen molar-refractivity contribution in [1.82, 2.24) is 25.1 Å². The number of likely N-dealkylation sites (tertiary alicyclic amines) is 1. The Labute approximate surface area is 274 Å². The third-order valence-corrected chi connectivity index (χ3v) is 10.2. The van der Waals surface area contributed by atoms with Gasteiger partial charge in [0, 0.05) is 87.5 Å². The number of hydrogen-bond acceptors (Lipinski definition) is 10. The predicted octanol–water partition coefficient (Wildman–Crippen LogP) is 2.26. The van der Waals surface area contributed by atoms with Gasteiger partial charge in [-0.2, -0.15) is 0 Å². The van der Waals surface area contributed by atoms with Gasteiger partial charge < -0.3 is 26.0 Å². The van der Waals surface area contributed by atoms with Crippen LogP contribution in [0.3, 0.4) is 0 Å². The molecule has 7 rings (SSSR count). The van der Waals surface area contributed by atoms with Gasteiger partial charge in [-0.15, -0.1) is 0 Å². The predicted molar refractivity (Wildman–Crippen MR) is 176 cm³/mol. The Morgan fingerprint density at radius 2 is 1.66 bits per heavy atom. The summed E-state index contributed by atoms with van der Waals surface area (Å²) in [5.41, 5.74) is 10.3. The van der Waals surface area contributed by atoms with Crippen LogP contribution in [0.25, 0.3) is 0 Å². The van der Waals surface area contributed by atoms with E-state index in [0.717, 1.165) is 62.3 Å². The topological polar surface area (TPSA) is 157 Å². The molecule has 246 valence electrons. The summed E-state index contributed by atoms with van der Waals surface area (Å²) in [6.07, 6.45) is 7.32. The van der Waals surface area contributed by atoms with Gasteiger partial charge in [-0.3, -0.25) is 24.6 Å². The minimum absolute atomic E-state index is 0.199. The van der Waals surface area contributed by atoms with Crippen molar-refractivity contribution in [2.45, 2.75) is 75.8 Å². The number of rotatable bonds is 8. The molecule has 3 saturated heterocycles. The molecule has 4 aliphatic rings. The van der Waals surface area contributed by atoms with E-state index in [-0.39, 0.29) is 18.2 Å². The molecule has 47 heavy (non-hydrogen) atoms. The Morgan fingerprint density at radius 3 is 2.34 bits per heavy atom. The summed E-state index contributed by atoms with van der Waals surface area (Å²) in [6.45, 7) is 5.02. The molecule has 5 N–H and O–H groups in total. The number of aliphatic hydroxyl groups is 1. The molecule has 0 saturated carbocycles. The fraction of sp³-hybridized carbons (Fsp3) is 0.457. The maximum absolute atomic E-state index is 13.1. The first-order valence-corrected chi connectivity index (χ1v) is 16.6. The summed E-state index contributed by atoms with van der Waals surface area (Å²) in [5.74, 6) is -0.261. The zero-order chi connectivity index (χ0) is 32.5. The van der Waals surface area contributed by atoms with E-state index >= 15 is 0 Å². The molecule has 3 fully saturated rings. The number of imide groups is 1. The van der Waals surface area contributed by atoms with Gasteiger partial charge in [0.2, 0.25) is 17.8 Å². The molecule has 0 spiro atoms. The Balaban J connectivity index is 0.895. The van der Waals surface area contributed by atoms with Gasteiger partial charge in [0.25, 0.3) is 5.91 Å². The number of amides is 3. The smallest absolute Gasteiger partial charge is 0.255 e. The van der Waals surface area contributed by atoms with Gasteiger partial charge in [-0.25, -0.2) is 9.97 Å². The number of fused-ring (bicyclic) bond motifs is 1. The normalized spacial score (nSPS) is 21.9. The lowest BCUT2D eigenvalue weighted by molar-refractivity contribution is -0.136. The summed E-state index contributed by atoms with van der Waals surface area (Å²) in [4.78, 5) is 52.2. The molecule has 0 bridgehead atoms. The van der Waals surface area contributed by atoms with Gasteiger partial charge in [0.15, 0.2) is 0 Å². The van der Waals surface area contributed by atoms with E-state index in [1.54, 1.807) is 23.4 Å². The van der Waals surface area contributed by atoms with E-state index in [4.69, 9.17) is 5.73 Å². The average Bonchev–Trinajstić information content (AvgIpc) is 3.42. The van der Waals surface area contributed by atoms with Crippen molar-refractivity contribution >= 4 is 29.4 Å². The molecule has 1 aromatic heterocycles. The monoisotopic (exact) mass is 638 g/mol. The van der Waals surface area contributed by atoms with Crippen LogP contribution < -0.4 is 21.3 Å². The van der Waals surface area contributed by atoms with Gasteiger partial charge in [-0.1, -0.05) is 24.3 Å². The molecule has 0 aliphatic carbocycles. The van der Waals surface area contributed by atoms with Gasteiger partial charge in [0.05, 0.1) is 5.60 Å². The van der Waals surface area contributed by atoms with E-state index in [0.29, 0.717) is 49.9 Å². The Hall–Kier alpha value is -4.39. The van der Waals surface area contributed by atoms with E-state index in [1.165, 1.54) is 11.3 Å². The number of hydrogen-bond donors (Lipinski definition) is 4. The Bertz CT molecular complexity index is 1630. The number of benzene rings is 2. The second-order valence-corrected chi connectivity index (χ2v) is 13.3. The van der Waals surface area contributed by atoms with Crippen LogP contribution in [0.15, 0.2) is 54.9 Å². The standard InChI is InChI=1S/C35H42N8O4/c36-18-24-19-37-34(38-20-24)39-27-9-13-42(14-10-27)28-4-1-23(2-5-28)21-41-15-11-35(47,12-16-41)26-3-6-29-25(17-26)22-43(33(29)46)30-7-8-31(44)40-32(30)45/h1-6,17,19-20,27,30,47H,7-16,18,21-22,36H2,(H,37,38,39)(H,40,44,45). The largest absolute Gasteiger partial charge is 0.385 e. The highest BCUT2D eigenvalue weighted by atomic mass is 16.3. The number of carbonyl (C=O) groups is 3. The van der Waals surface area contributed by atoms with Crippen LogP contribution in [-0.4, -0.2) is 80.9 Å². The fourth-order valence-electron chi connectivity index (χ4n) is 7.30. The van der Waals surface area contributed by atoms with E-state index < -0.39 is 17.6 Å². The van der Waals surface area contributed by atoms with Crippen molar-refractivity contribution in [2.75, 3.05) is 36.4 Å². The molecule has 3 aromatic rings.